The van der Waals surface area contributed by atoms with E-state index in [0.717, 1.165) is 11.4 Å². The van der Waals surface area contributed by atoms with Gasteiger partial charge in [0, 0.05) is 5.69 Å². The summed E-state index contributed by atoms with van der Waals surface area (Å²) in [4.78, 5) is 1.98. The molecular formula is C16H13BN2O3. The number of hydrogen-bond donors (Lipinski definition) is 0. The van der Waals surface area contributed by atoms with Crippen LogP contribution < -0.4 is 9.64 Å². The highest BCUT2D eigenvalue weighted by Crippen LogP contribution is 2.45. The second kappa shape index (κ2) is 5.37. The molecule has 2 aromatic carbocycles. The first-order chi connectivity index (χ1) is 10.9. The SMILES string of the molecule is N#Cc1cccc2c1N(c1ccccc1)C(B1OCCO1)O2. The zero-order valence-corrected chi connectivity index (χ0v) is 11.8. The quantitative estimate of drug-likeness (QED) is 0.796. The smallest absolute Gasteiger partial charge is 0.469 e. The molecule has 0 amide bonds. The summed E-state index contributed by atoms with van der Waals surface area (Å²) in [6.45, 7) is 1.10. The predicted octanol–water partition coefficient (Wildman–Crippen LogP) is 2.49. The molecule has 0 aromatic heterocycles. The minimum Gasteiger partial charge on any atom is -0.469 e. The molecule has 0 spiro atoms. The van der Waals surface area contributed by atoms with Crippen LogP contribution in [0.25, 0.3) is 0 Å². The molecule has 0 bridgehead atoms. The summed E-state index contributed by atoms with van der Waals surface area (Å²) in [7, 11) is -0.473. The molecule has 1 saturated heterocycles. The van der Waals surface area contributed by atoms with Crippen molar-refractivity contribution in [3.63, 3.8) is 0 Å². The van der Waals surface area contributed by atoms with Crippen LogP contribution in [0.3, 0.4) is 0 Å². The van der Waals surface area contributed by atoms with E-state index in [2.05, 4.69) is 6.07 Å². The Hall–Kier alpha value is -2.49. The molecular weight excluding hydrogens is 279 g/mol. The highest BCUT2D eigenvalue weighted by molar-refractivity contribution is 6.48. The number of nitrogens with zero attached hydrogens (tertiary/aromatic N) is 2. The number of hydrogen-bond acceptors (Lipinski definition) is 5. The average molecular weight is 292 g/mol. The first-order valence-electron chi connectivity index (χ1n) is 7.16. The van der Waals surface area contributed by atoms with Gasteiger partial charge in [0.25, 0.3) is 0 Å². The lowest BCUT2D eigenvalue weighted by Gasteiger charge is -2.26. The van der Waals surface area contributed by atoms with E-state index < -0.39 is 13.2 Å². The second-order valence-corrected chi connectivity index (χ2v) is 5.09. The molecule has 6 heteroatoms. The van der Waals surface area contributed by atoms with Crippen molar-refractivity contribution in [2.24, 2.45) is 0 Å². The summed E-state index contributed by atoms with van der Waals surface area (Å²) in [5.41, 5.74) is 2.27. The lowest BCUT2D eigenvalue weighted by atomic mass is 9.86. The third-order valence-corrected chi connectivity index (χ3v) is 3.78. The molecule has 0 N–H and O–H groups in total. The Morgan fingerprint density at radius 2 is 1.82 bits per heavy atom. The van der Waals surface area contributed by atoms with Crippen LogP contribution in [0, 0.1) is 11.3 Å². The van der Waals surface area contributed by atoms with Gasteiger partial charge in [0.2, 0.25) is 6.13 Å². The third kappa shape index (κ3) is 2.03. The van der Waals surface area contributed by atoms with Crippen molar-refractivity contribution in [2.45, 2.75) is 6.13 Å². The van der Waals surface area contributed by atoms with Crippen LogP contribution in [0.4, 0.5) is 11.4 Å². The molecule has 1 fully saturated rings. The van der Waals surface area contributed by atoms with Gasteiger partial charge in [-0.15, -0.1) is 0 Å². The van der Waals surface area contributed by atoms with Crippen LogP contribution in [0.15, 0.2) is 48.5 Å². The molecule has 2 aromatic rings. The lowest BCUT2D eigenvalue weighted by molar-refractivity contribution is 0.239. The van der Waals surface area contributed by atoms with Crippen LogP contribution in [-0.4, -0.2) is 26.5 Å². The number of ether oxygens (including phenoxy) is 1. The first-order valence-corrected chi connectivity index (χ1v) is 7.16. The fraction of sp³-hybridized carbons (Fsp3) is 0.188. The summed E-state index contributed by atoms with van der Waals surface area (Å²) < 4.78 is 17.3. The van der Waals surface area contributed by atoms with Gasteiger partial charge in [-0.2, -0.15) is 5.26 Å². The molecule has 1 unspecified atom stereocenters. The molecule has 2 aliphatic rings. The van der Waals surface area contributed by atoms with Crippen molar-refractivity contribution < 1.29 is 14.0 Å². The summed E-state index contributed by atoms with van der Waals surface area (Å²) in [6.07, 6.45) is -0.436. The lowest BCUT2D eigenvalue weighted by Crippen LogP contribution is -2.46. The Balaban J connectivity index is 1.84. The van der Waals surface area contributed by atoms with Gasteiger partial charge in [-0.3, -0.25) is 0 Å². The van der Waals surface area contributed by atoms with Crippen LogP contribution >= 0.6 is 0 Å². The van der Waals surface area contributed by atoms with Gasteiger partial charge in [-0.25, -0.2) is 0 Å². The molecule has 22 heavy (non-hydrogen) atoms. The molecule has 4 rings (SSSR count). The molecule has 2 aliphatic heterocycles. The normalized spacial score (nSPS) is 19.7. The summed E-state index contributed by atoms with van der Waals surface area (Å²) >= 11 is 0. The second-order valence-electron chi connectivity index (χ2n) is 5.09. The van der Waals surface area contributed by atoms with Gasteiger partial charge in [-0.05, 0) is 24.3 Å². The molecule has 0 radical (unpaired) electrons. The first kappa shape index (κ1) is 13.2. The van der Waals surface area contributed by atoms with Crippen LogP contribution in [0.5, 0.6) is 5.75 Å². The molecule has 108 valence electrons. The van der Waals surface area contributed by atoms with Gasteiger partial charge < -0.3 is 18.9 Å². The van der Waals surface area contributed by atoms with Crippen molar-refractivity contribution in [1.82, 2.24) is 0 Å². The highest BCUT2D eigenvalue weighted by Gasteiger charge is 2.46. The van der Waals surface area contributed by atoms with E-state index in [4.69, 9.17) is 14.0 Å². The molecule has 2 heterocycles. The van der Waals surface area contributed by atoms with E-state index >= 15 is 0 Å². The minimum absolute atomic E-state index is 0.436. The average Bonchev–Trinajstić information content (AvgIpc) is 3.22. The van der Waals surface area contributed by atoms with E-state index in [0.29, 0.717) is 24.5 Å². The van der Waals surface area contributed by atoms with Crippen molar-refractivity contribution in [1.29, 1.82) is 5.26 Å². The van der Waals surface area contributed by atoms with Gasteiger partial charge in [0.05, 0.1) is 18.8 Å². The number of nitriles is 1. The summed E-state index contributed by atoms with van der Waals surface area (Å²) in [5, 5.41) is 9.42. The summed E-state index contributed by atoms with van der Waals surface area (Å²) in [6, 6.07) is 17.5. The molecule has 1 atom stereocenters. The van der Waals surface area contributed by atoms with E-state index in [1.165, 1.54) is 0 Å². The van der Waals surface area contributed by atoms with E-state index in [1.807, 2.05) is 47.4 Å². The molecule has 5 nitrogen and oxygen atoms in total. The van der Waals surface area contributed by atoms with Crippen LogP contribution in [0.1, 0.15) is 5.56 Å². The fourth-order valence-corrected chi connectivity index (χ4v) is 2.85. The fourth-order valence-electron chi connectivity index (χ4n) is 2.85. The zero-order chi connectivity index (χ0) is 14.9. The van der Waals surface area contributed by atoms with E-state index in [1.54, 1.807) is 6.07 Å². The number of benzene rings is 2. The maximum absolute atomic E-state index is 9.42. The number of anilines is 2. The summed E-state index contributed by atoms with van der Waals surface area (Å²) in [5.74, 6) is 0.673. The zero-order valence-electron chi connectivity index (χ0n) is 11.8. The Kier molecular flexibility index (Phi) is 3.22. The molecule has 0 saturated carbocycles. The van der Waals surface area contributed by atoms with Crippen LogP contribution in [-0.2, 0) is 9.31 Å². The Morgan fingerprint density at radius 1 is 1.05 bits per heavy atom. The number of para-hydroxylation sites is 2. The Morgan fingerprint density at radius 3 is 2.55 bits per heavy atom. The van der Waals surface area contributed by atoms with Crippen molar-refractivity contribution in [3.8, 4) is 11.8 Å². The van der Waals surface area contributed by atoms with Gasteiger partial charge in [-0.1, -0.05) is 24.3 Å². The number of rotatable bonds is 2. The highest BCUT2D eigenvalue weighted by atomic mass is 16.7. The van der Waals surface area contributed by atoms with E-state index in [9.17, 15) is 5.26 Å². The van der Waals surface area contributed by atoms with Gasteiger partial charge in [0.15, 0.2) is 0 Å². The molecule has 0 aliphatic carbocycles. The van der Waals surface area contributed by atoms with Crippen molar-refractivity contribution >= 4 is 18.5 Å². The largest absolute Gasteiger partial charge is 0.523 e. The van der Waals surface area contributed by atoms with Gasteiger partial charge in [0.1, 0.15) is 17.5 Å². The maximum Gasteiger partial charge on any atom is 0.523 e. The van der Waals surface area contributed by atoms with E-state index in [-0.39, 0.29) is 0 Å². The Labute approximate surface area is 128 Å². The van der Waals surface area contributed by atoms with Crippen molar-refractivity contribution in [2.75, 3.05) is 18.1 Å². The van der Waals surface area contributed by atoms with Crippen molar-refractivity contribution in [3.05, 3.63) is 54.1 Å². The standard InChI is InChI=1S/C16H13BN2O3/c18-11-12-5-4-8-14-15(12)19(13-6-2-1-3-7-13)16(22-14)17-20-9-10-21-17/h1-8,16H,9-10H2. The topological polar surface area (TPSA) is 54.7 Å². The third-order valence-electron chi connectivity index (χ3n) is 3.78. The number of fused-ring (bicyclic) bond motifs is 1. The van der Waals surface area contributed by atoms with Crippen LogP contribution in [0.2, 0.25) is 0 Å². The minimum atomic E-state index is -0.473. The Bertz CT molecular complexity index is 726. The monoisotopic (exact) mass is 292 g/mol. The predicted molar refractivity (Wildman–Crippen MR) is 81.8 cm³/mol. The maximum atomic E-state index is 9.42. The van der Waals surface area contributed by atoms with Gasteiger partial charge >= 0.3 is 7.12 Å².